The van der Waals surface area contributed by atoms with Crippen LogP contribution in [0, 0.1) is 0 Å². The lowest BCUT2D eigenvalue weighted by atomic mass is 14.0. The molecule has 0 aliphatic rings. The maximum absolute atomic E-state index is 7.45. The minimum absolute atomic E-state index is 0. The number of rotatable bonds is 0. The Hall–Kier alpha value is 0.370. The van der Waals surface area contributed by atoms with Gasteiger partial charge >= 0.3 is 0 Å². The van der Waals surface area contributed by atoms with Crippen molar-refractivity contribution in [2.24, 2.45) is 0 Å². The minimum atomic E-state index is -1.78. The van der Waals surface area contributed by atoms with E-state index in [1.165, 1.54) is 0 Å². The fourth-order valence-corrected chi connectivity index (χ4v) is 0. The lowest BCUT2D eigenvalue weighted by molar-refractivity contribution is 0.529. The van der Waals surface area contributed by atoms with Gasteiger partial charge in [0.05, 0.1) is 0 Å². The van der Waals surface area contributed by atoms with E-state index in [2.05, 4.69) is 11.2 Å². The van der Waals surface area contributed by atoms with E-state index in [0.29, 0.717) is 0 Å². The Labute approximate surface area is 48.8 Å². The molecule has 0 radical (unpaired) electrons. The number of hydrogen-bond donors (Lipinski definition) is 4. The minimum Gasteiger partial charge on any atom is -0.412 e. The summed E-state index contributed by atoms with van der Waals surface area (Å²) < 4.78 is 14.9. The molecule has 0 atom stereocenters. The second-order valence-electron chi connectivity index (χ2n) is 0.231. The van der Waals surface area contributed by atoms with Crippen LogP contribution in [-0.2, 0) is 21.2 Å². The lowest BCUT2D eigenvalue weighted by Gasteiger charge is -1.65. The molecule has 7 heavy (non-hydrogen) atoms. The largest absolute Gasteiger partial charge is 0.412 e. The second-order valence-corrected chi connectivity index (χ2v) is 1.59. The van der Waals surface area contributed by atoms with E-state index >= 15 is 0 Å². The maximum Gasteiger partial charge on any atom is 0.143 e. The number of hydrogen-bond acceptors (Lipinski definition) is 3. The van der Waals surface area contributed by atoms with Gasteiger partial charge in [-0.2, -0.15) is 0 Å². The fourth-order valence-electron chi connectivity index (χ4n) is 0. The van der Waals surface area contributed by atoms with E-state index in [1.54, 1.807) is 0 Å². The molecule has 0 aliphatic heterocycles. The molecule has 0 bridgehead atoms. The first kappa shape index (κ1) is 26.3. The molecule has 0 aromatic rings. The molecular formula is H10N2O3S2. The highest BCUT2D eigenvalue weighted by atomic mass is 32.8. The molecule has 0 fully saturated rings. The van der Waals surface area contributed by atoms with Crippen LogP contribution < -0.4 is 12.3 Å². The third-order valence-electron chi connectivity index (χ3n) is 0. The summed E-state index contributed by atoms with van der Waals surface area (Å²) in [5.74, 6) is 0. The molecule has 0 spiro atoms. The first-order valence-electron chi connectivity index (χ1n) is 0.532. The highest BCUT2D eigenvalue weighted by molar-refractivity contribution is 8.22. The quantitative estimate of drug-likeness (QED) is 0.368. The molecule has 0 saturated carbocycles. The summed E-state index contributed by atoms with van der Waals surface area (Å²) in [6.45, 7) is 0. The first-order valence-corrected chi connectivity index (χ1v) is 2.60. The van der Waals surface area contributed by atoms with E-state index < -0.39 is 10.0 Å². The van der Waals surface area contributed by atoms with Crippen LogP contribution in [0.2, 0.25) is 0 Å². The van der Waals surface area contributed by atoms with Crippen molar-refractivity contribution in [3.8, 4) is 0 Å². The van der Waals surface area contributed by atoms with Gasteiger partial charge < -0.3 is 26.9 Å². The van der Waals surface area contributed by atoms with Gasteiger partial charge in [-0.25, -0.2) is 0 Å². The molecule has 0 amide bonds. The van der Waals surface area contributed by atoms with E-state index in [9.17, 15) is 0 Å². The summed E-state index contributed by atoms with van der Waals surface area (Å²) in [6.07, 6.45) is 0. The molecule has 0 aromatic heterocycles. The SMILES string of the molecule is N.N.O.OS(O)=S. The molecular weight excluding hydrogens is 140 g/mol. The molecule has 0 aliphatic carbocycles. The van der Waals surface area contributed by atoms with Crippen LogP contribution in [0.4, 0.5) is 0 Å². The third kappa shape index (κ3) is 889. The van der Waals surface area contributed by atoms with Gasteiger partial charge in [0, 0.05) is 11.2 Å². The molecule has 7 heteroatoms. The average molecular weight is 150 g/mol. The zero-order valence-electron chi connectivity index (χ0n) is 3.63. The molecule has 0 saturated heterocycles. The van der Waals surface area contributed by atoms with Crippen LogP contribution in [-0.4, -0.2) is 14.6 Å². The Morgan fingerprint density at radius 1 is 1.14 bits per heavy atom. The van der Waals surface area contributed by atoms with Gasteiger partial charge in [-0.3, -0.25) is 0 Å². The predicted octanol–water partition coefficient (Wildman–Crippen LogP) is -0.488. The molecule has 0 aromatic carbocycles. The summed E-state index contributed by atoms with van der Waals surface area (Å²) >= 11 is 3.76. The Kier molecular flexibility index (Phi) is 60.8. The molecule has 5 nitrogen and oxygen atoms in total. The standard InChI is InChI=1S/2H3N.H2O2S2.H2O/c;;1-4(2)3;/h2*1H3;(H2,1,2,3);1H2. The van der Waals surface area contributed by atoms with Crippen molar-refractivity contribution in [2.75, 3.05) is 0 Å². The zero-order chi connectivity index (χ0) is 3.58. The molecule has 10 N–H and O–H groups in total. The Bertz CT molecular complexity index is 33.9. The van der Waals surface area contributed by atoms with Gasteiger partial charge in [0.1, 0.15) is 10.0 Å². The smallest absolute Gasteiger partial charge is 0.143 e. The molecule has 0 heterocycles. The highest BCUT2D eigenvalue weighted by Gasteiger charge is 1.55. The van der Waals surface area contributed by atoms with E-state index in [4.69, 9.17) is 9.11 Å². The molecule has 0 rings (SSSR count). The third-order valence-corrected chi connectivity index (χ3v) is 0. The van der Waals surface area contributed by atoms with E-state index in [-0.39, 0.29) is 17.8 Å². The lowest BCUT2D eigenvalue weighted by Crippen LogP contribution is -1.71. The van der Waals surface area contributed by atoms with Crippen LogP contribution in [0.5, 0.6) is 0 Å². The first-order chi connectivity index (χ1) is 1.73. The van der Waals surface area contributed by atoms with E-state index in [1.807, 2.05) is 0 Å². The molecule has 50 valence electrons. The summed E-state index contributed by atoms with van der Waals surface area (Å²) in [6, 6.07) is 0. The van der Waals surface area contributed by atoms with Crippen molar-refractivity contribution in [3.05, 3.63) is 0 Å². The summed E-state index contributed by atoms with van der Waals surface area (Å²) in [7, 11) is -1.78. The predicted molar refractivity (Wildman–Crippen MR) is 33.6 cm³/mol. The fraction of sp³-hybridized carbons (Fsp3) is 0. The van der Waals surface area contributed by atoms with Crippen LogP contribution in [0.25, 0.3) is 0 Å². The van der Waals surface area contributed by atoms with Gasteiger partial charge in [-0.15, -0.1) is 0 Å². The van der Waals surface area contributed by atoms with Crippen molar-refractivity contribution in [3.63, 3.8) is 0 Å². The van der Waals surface area contributed by atoms with Gasteiger partial charge in [0.25, 0.3) is 0 Å². The van der Waals surface area contributed by atoms with Gasteiger partial charge in [0.15, 0.2) is 0 Å². The van der Waals surface area contributed by atoms with E-state index in [0.717, 1.165) is 0 Å². The van der Waals surface area contributed by atoms with Crippen molar-refractivity contribution < 1.29 is 14.6 Å². The van der Waals surface area contributed by atoms with Gasteiger partial charge in [-0.05, 0) is 0 Å². The average Bonchev–Trinajstić information content (AvgIpc) is 0.811. The zero-order valence-corrected chi connectivity index (χ0v) is 5.26. The van der Waals surface area contributed by atoms with Crippen molar-refractivity contribution in [2.45, 2.75) is 0 Å². The highest BCUT2D eigenvalue weighted by Crippen LogP contribution is 1.47. The second kappa shape index (κ2) is 16.2. The van der Waals surface area contributed by atoms with Crippen molar-refractivity contribution in [1.29, 1.82) is 0 Å². The van der Waals surface area contributed by atoms with Crippen molar-refractivity contribution in [1.82, 2.24) is 12.3 Å². The summed E-state index contributed by atoms with van der Waals surface area (Å²) in [4.78, 5) is 0. The monoisotopic (exact) mass is 150 g/mol. The van der Waals surface area contributed by atoms with Crippen LogP contribution in [0.3, 0.4) is 0 Å². The summed E-state index contributed by atoms with van der Waals surface area (Å²) in [5.41, 5.74) is 0. The molecule has 0 unspecified atom stereocenters. The van der Waals surface area contributed by atoms with Crippen LogP contribution in [0.1, 0.15) is 0 Å². The van der Waals surface area contributed by atoms with Gasteiger partial charge in [-0.1, -0.05) is 0 Å². The van der Waals surface area contributed by atoms with Gasteiger partial charge in [0.2, 0.25) is 0 Å². The van der Waals surface area contributed by atoms with Crippen LogP contribution >= 0.6 is 0 Å². The van der Waals surface area contributed by atoms with Crippen LogP contribution in [0.15, 0.2) is 0 Å². The topological polar surface area (TPSA) is 142 Å². The Balaban J connectivity index is -0.0000000150. The Morgan fingerprint density at radius 2 is 1.14 bits per heavy atom. The maximum atomic E-state index is 7.45. The van der Waals surface area contributed by atoms with Crippen molar-refractivity contribution >= 4 is 21.2 Å². The Morgan fingerprint density at radius 3 is 1.14 bits per heavy atom. The summed E-state index contributed by atoms with van der Waals surface area (Å²) in [5, 5.41) is 0. The normalized spacial score (nSPS) is 5.00.